The molecule has 0 amide bonds. The summed E-state index contributed by atoms with van der Waals surface area (Å²) in [7, 11) is 1.10. The molecule has 0 saturated heterocycles. The SMILES string of the molecule is COC(=O)O.[RbH]. The second kappa shape index (κ2) is 6.08. The number of ether oxygens (including phenoxy) is 1. The van der Waals surface area contributed by atoms with E-state index in [9.17, 15) is 0 Å². The van der Waals surface area contributed by atoms with Gasteiger partial charge in [-0.1, -0.05) is 0 Å². The van der Waals surface area contributed by atoms with E-state index in [0.29, 0.717) is 0 Å². The average Bonchev–Trinajstić information content (AvgIpc) is 1.38. The van der Waals surface area contributed by atoms with Gasteiger partial charge in [-0.25, -0.2) is 4.79 Å². The van der Waals surface area contributed by atoms with Crippen molar-refractivity contribution in [2.75, 3.05) is 7.11 Å². The van der Waals surface area contributed by atoms with Gasteiger partial charge >= 0.3 is 64.3 Å². The summed E-state index contributed by atoms with van der Waals surface area (Å²) in [4.78, 5) is 9.15. The number of carbonyl (C=O) groups is 1. The van der Waals surface area contributed by atoms with Crippen molar-refractivity contribution in [3.05, 3.63) is 0 Å². The van der Waals surface area contributed by atoms with Crippen LogP contribution in [0.15, 0.2) is 0 Å². The van der Waals surface area contributed by atoms with E-state index in [0.717, 1.165) is 7.11 Å². The molecule has 0 spiro atoms. The second-order valence-electron chi connectivity index (χ2n) is 0.470. The number of rotatable bonds is 0. The fourth-order valence-corrected chi connectivity index (χ4v) is 0. The molecule has 0 aromatic rings. The Bertz CT molecular complexity index is 44.1. The van der Waals surface area contributed by atoms with E-state index in [2.05, 4.69) is 4.74 Å². The number of hydrogen-bond acceptors (Lipinski definition) is 2. The third-order valence-electron chi connectivity index (χ3n) is 0.175. The molecule has 4 heteroatoms. The maximum absolute atomic E-state index is 9.15. The van der Waals surface area contributed by atoms with Crippen LogP contribution in [0, 0.1) is 0 Å². The van der Waals surface area contributed by atoms with Crippen LogP contribution in [-0.2, 0) is 4.74 Å². The van der Waals surface area contributed by atoms with E-state index < -0.39 is 6.16 Å². The summed E-state index contributed by atoms with van der Waals surface area (Å²) in [6.45, 7) is 0. The summed E-state index contributed by atoms with van der Waals surface area (Å²) in [5.41, 5.74) is 0. The zero-order valence-corrected chi connectivity index (χ0v) is 2.76. The number of hydrogen-bond donors (Lipinski definition) is 1. The first kappa shape index (κ1) is 10.1. The standard InChI is InChI=1S/C2H4O3.Rb.H/c1-5-2(3)4;;/h1H3,(H,3,4);;. The molecule has 0 bridgehead atoms. The Hall–Kier alpha value is 1.08. The fraction of sp³-hybridized carbons (Fsp3) is 0.500. The minimum atomic E-state index is -1.25. The minimum absolute atomic E-state index is 0. The quantitative estimate of drug-likeness (QED) is 0.496. The second-order valence-corrected chi connectivity index (χ2v) is 0.470. The Kier molecular flexibility index (Phi) is 10.3. The van der Waals surface area contributed by atoms with Crippen LogP contribution in [0.3, 0.4) is 0 Å². The van der Waals surface area contributed by atoms with Gasteiger partial charge in [-0.15, -0.1) is 0 Å². The van der Waals surface area contributed by atoms with Gasteiger partial charge in [-0.05, 0) is 0 Å². The van der Waals surface area contributed by atoms with Gasteiger partial charge in [-0.2, -0.15) is 0 Å². The van der Waals surface area contributed by atoms with Gasteiger partial charge in [0.1, 0.15) is 0 Å². The molecule has 0 aliphatic rings. The predicted molar refractivity (Wildman–Crippen MR) is 22.2 cm³/mol. The molecule has 1 N–H and O–H groups in total. The zero-order valence-electron chi connectivity index (χ0n) is 2.76. The van der Waals surface area contributed by atoms with Crippen molar-refractivity contribution in [3.8, 4) is 0 Å². The van der Waals surface area contributed by atoms with Crippen LogP contribution in [0.5, 0.6) is 0 Å². The summed E-state index contributed by atoms with van der Waals surface area (Å²) >= 11 is 0. The van der Waals surface area contributed by atoms with Crippen LogP contribution in [0.25, 0.3) is 0 Å². The molecular weight excluding hydrogens is 157 g/mol. The van der Waals surface area contributed by atoms with E-state index in [4.69, 9.17) is 9.90 Å². The van der Waals surface area contributed by atoms with Crippen molar-refractivity contribution in [1.29, 1.82) is 0 Å². The van der Waals surface area contributed by atoms with Gasteiger partial charge < -0.3 is 9.84 Å². The van der Waals surface area contributed by atoms with Crippen LogP contribution in [-0.4, -0.2) is 76.6 Å². The van der Waals surface area contributed by atoms with Crippen LogP contribution >= 0.6 is 0 Å². The van der Waals surface area contributed by atoms with Gasteiger partial charge in [0.2, 0.25) is 0 Å². The molecule has 0 aliphatic carbocycles. The Morgan fingerprint density at radius 1 is 1.83 bits per heavy atom. The monoisotopic (exact) mass is 162 g/mol. The summed E-state index contributed by atoms with van der Waals surface area (Å²) in [6.07, 6.45) is -1.25. The first-order chi connectivity index (χ1) is 2.27. The number of carboxylic acid groups (broad SMARTS) is 1. The van der Waals surface area contributed by atoms with Crippen molar-refractivity contribution in [1.82, 2.24) is 0 Å². The molecule has 0 rings (SSSR count). The zero-order chi connectivity index (χ0) is 4.28. The van der Waals surface area contributed by atoms with Crippen LogP contribution in [0.1, 0.15) is 0 Å². The van der Waals surface area contributed by atoms with E-state index in [-0.39, 0.29) is 58.2 Å². The average molecular weight is 163 g/mol. The topological polar surface area (TPSA) is 46.5 Å². The summed E-state index contributed by atoms with van der Waals surface area (Å²) in [5, 5.41) is 7.50. The molecule has 0 fully saturated rings. The molecule has 0 radical (unpaired) electrons. The Labute approximate surface area is 84.5 Å². The van der Waals surface area contributed by atoms with Gasteiger partial charge in [0.15, 0.2) is 0 Å². The van der Waals surface area contributed by atoms with Gasteiger partial charge in [0.25, 0.3) is 0 Å². The van der Waals surface area contributed by atoms with Crippen molar-refractivity contribution in [3.63, 3.8) is 0 Å². The molecular formula is C2H5O3Rb. The molecule has 6 heavy (non-hydrogen) atoms. The third kappa shape index (κ3) is 8.91. The van der Waals surface area contributed by atoms with E-state index in [1.165, 1.54) is 0 Å². The van der Waals surface area contributed by atoms with Crippen LogP contribution in [0.2, 0.25) is 0 Å². The van der Waals surface area contributed by atoms with E-state index >= 15 is 0 Å². The fourth-order valence-electron chi connectivity index (χ4n) is 0. The summed E-state index contributed by atoms with van der Waals surface area (Å²) in [6, 6.07) is 0. The summed E-state index contributed by atoms with van der Waals surface area (Å²) in [5.74, 6) is 0. The normalized spacial score (nSPS) is 5.50. The Morgan fingerprint density at radius 2 is 2.00 bits per heavy atom. The molecule has 0 aliphatic heterocycles. The Morgan fingerprint density at radius 3 is 2.00 bits per heavy atom. The molecule has 0 aromatic heterocycles. The van der Waals surface area contributed by atoms with Crippen molar-refractivity contribution in [2.24, 2.45) is 0 Å². The van der Waals surface area contributed by atoms with E-state index in [1.807, 2.05) is 0 Å². The van der Waals surface area contributed by atoms with Gasteiger partial charge in [0, 0.05) is 0 Å². The molecule has 0 atom stereocenters. The first-order valence-corrected chi connectivity index (χ1v) is 1.04. The molecule has 0 heterocycles. The number of methoxy groups -OCH3 is 1. The van der Waals surface area contributed by atoms with Crippen molar-refractivity contribution in [2.45, 2.75) is 0 Å². The summed E-state index contributed by atoms with van der Waals surface area (Å²) < 4.78 is 3.67. The van der Waals surface area contributed by atoms with Crippen LogP contribution in [0.4, 0.5) is 4.79 Å². The first-order valence-electron chi connectivity index (χ1n) is 1.04. The maximum atomic E-state index is 9.15. The Balaban J connectivity index is 0. The molecule has 3 nitrogen and oxygen atoms in total. The molecule has 0 saturated carbocycles. The van der Waals surface area contributed by atoms with Crippen molar-refractivity contribution < 1.29 is 14.6 Å². The third-order valence-corrected chi connectivity index (χ3v) is 0.175. The van der Waals surface area contributed by atoms with Crippen molar-refractivity contribution >= 4 is 64.3 Å². The molecule has 0 aromatic carbocycles. The molecule has 32 valence electrons. The predicted octanol–water partition coefficient (Wildman–Crippen LogP) is -0.338. The molecule has 0 unspecified atom stereocenters. The van der Waals surface area contributed by atoms with Gasteiger partial charge in [0.05, 0.1) is 7.11 Å². The van der Waals surface area contributed by atoms with Gasteiger partial charge in [-0.3, -0.25) is 0 Å². The van der Waals surface area contributed by atoms with E-state index in [1.54, 1.807) is 0 Å². The van der Waals surface area contributed by atoms with Crippen LogP contribution < -0.4 is 0 Å².